The molecule has 0 radical (unpaired) electrons. The van der Waals surface area contributed by atoms with Crippen molar-refractivity contribution in [1.29, 1.82) is 0 Å². The van der Waals surface area contributed by atoms with E-state index >= 15 is 0 Å². The maximum atomic E-state index is 13.4. The van der Waals surface area contributed by atoms with Gasteiger partial charge < -0.3 is 19.6 Å². The molecular formula is C17H20F3N7O2. The Hall–Kier alpha value is -2.76. The number of carbonyl (C=O) groups excluding carboxylic acids is 1. The summed E-state index contributed by atoms with van der Waals surface area (Å²) in [6, 6.07) is 0.666. The first-order valence-electron chi connectivity index (χ1n) is 10.1. The number of halogens is 3. The maximum absolute atomic E-state index is 13.4. The molecule has 12 heteroatoms. The number of piperazine rings is 1. The second-order valence-electron chi connectivity index (χ2n) is 6.86. The highest BCUT2D eigenvalue weighted by Crippen LogP contribution is 2.33. The molecule has 0 unspecified atom stereocenters. The Bertz CT molecular complexity index is 979. The number of alkyl halides is 3. The molecule has 0 saturated carbocycles. The van der Waals surface area contributed by atoms with Crippen LogP contribution in [-0.2, 0) is 17.3 Å². The molecule has 0 bridgehead atoms. The van der Waals surface area contributed by atoms with Crippen LogP contribution < -0.4 is 10.2 Å². The molecular weight excluding hydrogens is 391 g/mol. The molecule has 156 valence electrons. The molecule has 2 aromatic rings. The number of anilines is 1. The van der Waals surface area contributed by atoms with Gasteiger partial charge in [0.2, 0.25) is 23.6 Å². The number of aromatic nitrogens is 4. The van der Waals surface area contributed by atoms with E-state index in [9.17, 15) is 18.0 Å². The Labute approximate surface area is 167 Å². The number of rotatable bonds is 4. The van der Waals surface area contributed by atoms with E-state index in [-0.39, 0.29) is 23.5 Å². The minimum atomic E-state index is -4.72. The van der Waals surface area contributed by atoms with Crippen LogP contribution in [0.3, 0.4) is 0 Å². The minimum absolute atomic E-state index is 0.0112. The van der Waals surface area contributed by atoms with Crippen LogP contribution >= 0.6 is 0 Å². The van der Waals surface area contributed by atoms with Crippen molar-refractivity contribution in [2.45, 2.75) is 31.9 Å². The average Bonchev–Trinajstić information content (AvgIpc) is 3.23. The van der Waals surface area contributed by atoms with Gasteiger partial charge in [-0.25, -0.2) is 9.97 Å². The number of carbonyl (C=O) groups is 1. The van der Waals surface area contributed by atoms with E-state index in [0.717, 1.165) is 6.42 Å². The van der Waals surface area contributed by atoms with Gasteiger partial charge in [-0.15, -0.1) is 0 Å². The van der Waals surface area contributed by atoms with Crippen molar-refractivity contribution < 1.29 is 25.2 Å². The van der Waals surface area contributed by atoms with E-state index in [2.05, 4.69) is 25.4 Å². The normalized spacial score (nSPS) is 21.4. The number of nitrogens with one attached hydrogen (secondary N) is 1. The smallest absolute Gasteiger partial charge is 0.340 e. The van der Waals surface area contributed by atoms with Gasteiger partial charge >= 0.3 is 6.18 Å². The van der Waals surface area contributed by atoms with Crippen molar-refractivity contribution in [3.8, 4) is 11.5 Å². The molecule has 9 nitrogen and oxygen atoms in total. The molecule has 4 rings (SSSR count). The van der Waals surface area contributed by atoms with Crippen LogP contribution in [-0.4, -0.2) is 69.7 Å². The summed E-state index contributed by atoms with van der Waals surface area (Å²) in [7, 11) is 0. The monoisotopic (exact) mass is 413 g/mol. The number of hydrogen-bond donors (Lipinski definition) is 1. The Balaban J connectivity index is 1.66. The third-order valence-corrected chi connectivity index (χ3v) is 4.85. The van der Waals surface area contributed by atoms with Gasteiger partial charge in [0.25, 0.3) is 0 Å². The van der Waals surface area contributed by atoms with E-state index in [1.165, 1.54) is 4.90 Å². The molecule has 2 aliphatic heterocycles. The zero-order valence-corrected chi connectivity index (χ0v) is 15.5. The van der Waals surface area contributed by atoms with Gasteiger partial charge in [-0.3, -0.25) is 4.79 Å². The summed E-state index contributed by atoms with van der Waals surface area (Å²) < 4.78 is 61.3. The van der Waals surface area contributed by atoms with Crippen molar-refractivity contribution in [2.75, 3.05) is 37.6 Å². The largest absolute Gasteiger partial charge is 0.433 e. The summed E-state index contributed by atoms with van der Waals surface area (Å²) in [5, 5.41) is 6.63. The van der Waals surface area contributed by atoms with Gasteiger partial charge in [0.05, 0.1) is 0 Å². The third kappa shape index (κ3) is 4.16. The van der Waals surface area contributed by atoms with Gasteiger partial charge in [-0.05, 0) is 19.4 Å². The van der Waals surface area contributed by atoms with Crippen LogP contribution in [0.4, 0.5) is 19.1 Å². The van der Waals surface area contributed by atoms with Crippen LogP contribution in [0, 0.1) is 0 Å². The highest BCUT2D eigenvalue weighted by molar-refractivity contribution is 5.78. The second-order valence-corrected chi connectivity index (χ2v) is 6.86. The summed E-state index contributed by atoms with van der Waals surface area (Å²) in [5.41, 5.74) is -1.44. The molecule has 0 spiro atoms. The minimum Gasteiger partial charge on any atom is -0.340 e. The Morgan fingerprint density at radius 1 is 1.31 bits per heavy atom. The lowest BCUT2D eigenvalue weighted by Crippen LogP contribution is -2.47. The molecule has 4 heterocycles. The second kappa shape index (κ2) is 7.58. The first-order valence-corrected chi connectivity index (χ1v) is 9.15. The zero-order chi connectivity index (χ0) is 22.4. The van der Waals surface area contributed by atoms with Crippen molar-refractivity contribution in [1.82, 2.24) is 30.3 Å². The maximum Gasteiger partial charge on any atom is 0.433 e. The van der Waals surface area contributed by atoms with Gasteiger partial charge in [0.1, 0.15) is 12.1 Å². The van der Waals surface area contributed by atoms with Crippen molar-refractivity contribution in [3.05, 3.63) is 17.7 Å². The van der Waals surface area contributed by atoms with Crippen LogP contribution in [0.15, 0.2) is 10.6 Å². The fourth-order valence-corrected chi connectivity index (χ4v) is 3.05. The predicted molar refractivity (Wildman–Crippen MR) is 94.9 cm³/mol. The van der Waals surface area contributed by atoms with Crippen LogP contribution in [0.25, 0.3) is 11.5 Å². The molecule has 2 fully saturated rings. The predicted octanol–water partition coefficient (Wildman–Crippen LogP) is 1.12. The summed E-state index contributed by atoms with van der Waals surface area (Å²) in [6.45, 7) is 4.04. The van der Waals surface area contributed by atoms with Gasteiger partial charge in [-0.1, -0.05) is 5.16 Å². The summed E-state index contributed by atoms with van der Waals surface area (Å²) in [6.07, 6.45) is -6.55. The van der Waals surface area contributed by atoms with Crippen molar-refractivity contribution >= 4 is 11.9 Å². The molecule has 1 N–H and O–H groups in total. The van der Waals surface area contributed by atoms with E-state index in [0.29, 0.717) is 38.8 Å². The van der Waals surface area contributed by atoms with Gasteiger partial charge in [0.15, 0.2) is 5.69 Å². The molecule has 1 atom stereocenters. The lowest BCUT2D eigenvalue weighted by molar-refractivity contribution is -0.141. The fraction of sp³-hybridized carbons (Fsp3) is 0.588. The summed E-state index contributed by atoms with van der Waals surface area (Å²) in [4.78, 5) is 27.1. The molecule has 0 aliphatic carbocycles. The molecule has 1 amide bonds. The first kappa shape index (κ1) is 17.1. The lowest BCUT2D eigenvalue weighted by atomic mass is 10.1. The zero-order valence-electron chi connectivity index (χ0n) is 17.5. The van der Waals surface area contributed by atoms with Crippen LogP contribution in [0.1, 0.15) is 27.7 Å². The number of amides is 1. The molecule has 2 saturated heterocycles. The van der Waals surface area contributed by atoms with Crippen LogP contribution in [0.5, 0.6) is 0 Å². The Kier molecular flexibility index (Phi) is 4.48. The number of hydrogen-bond acceptors (Lipinski definition) is 8. The van der Waals surface area contributed by atoms with Crippen molar-refractivity contribution in [3.63, 3.8) is 0 Å². The standard InChI is InChI=1S/C17H20F3N7O2/c1-10-2-5-27(10)16-22-11(8-12(23-16)17(18,19)20)15-24-13(29-25-15)9-14(28)26-6-3-21-4-7-26/h8,10,21H,2-7,9H2,1H3/t10-/m0/s1/i9D2. The Morgan fingerprint density at radius 2 is 2.07 bits per heavy atom. The lowest BCUT2D eigenvalue weighted by Gasteiger charge is -2.38. The van der Waals surface area contributed by atoms with E-state index in [4.69, 9.17) is 7.26 Å². The molecule has 29 heavy (non-hydrogen) atoms. The number of nitrogens with zero attached hydrogens (tertiary/aromatic N) is 6. The van der Waals surface area contributed by atoms with Crippen molar-refractivity contribution in [2.24, 2.45) is 0 Å². The van der Waals surface area contributed by atoms with Gasteiger partial charge in [-0.2, -0.15) is 18.2 Å². The highest BCUT2D eigenvalue weighted by Gasteiger charge is 2.36. The molecule has 2 aliphatic rings. The SMILES string of the molecule is [2H]C([2H])(C(=O)N1CCNCC1)c1nc(-c2cc(C(F)(F)F)nc(N3CC[C@@H]3C)n2)no1. The highest BCUT2D eigenvalue weighted by atomic mass is 19.4. The van der Waals surface area contributed by atoms with Gasteiger partial charge in [0, 0.05) is 41.5 Å². The topological polar surface area (TPSA) is 100 Å². The molecule has 2 aromatic heterocycles. The summed E-state index contributed by atoms with van der Waals surface area (Å²) >= 11 is 0. The van der Waals surface area contributed by atoms with E-state index < -0.39 is 30.0 Å². The summed E-state index contributed by atoms with van der Waals surface area (Å²) in [5.74, 6) is -1.96. The Morgan fingerprint density at radius 3 is 2.69 bits per heavy atom. The average molecular weight is 413 g/mol. The quantitative estimate of drug-likeness (QED) is 0.796. The van der Waals surface area contributed by atoms with E-state index in [1.807, 2.05) is 6.92 Å². The third-order valence-electron chi connectivity index (χ3n) is 4.85. The first-order chi connectivity index (χ1) is 14.6. The fourth-order valence-electron chi connectivity index (χ4n) is 3.05. The molecule has 0 aromatic carbocycles. The van der Waals surface area contributed by atoms with E-state index in [1.54, 1.807) is 4.90 Å². The van der Waals surface area contributed by atoms with Crippen LogP contribution in [0.2, 0.25) is 0 Å².